The predicted molar refractivity (Wildman–Crippen MR) is 139 cm³/mol. The Bertz CT molecular complexity index is 1600. The molecular formula is C32H23NO3. The van der Waals surface area contributed by atoms with Crippen molar-refractivity contribution in [3.8, 4) is 0 Å². The molecule has 1 fully saturated rings. The molecule has 4 heteroatoms. The molecule has 7 rings (SSSR count). The van der Waals surface area contributed by atoms with E-state index in [2.05, 4.69) is 24.3 Å². The summed E-state index contributed by atoms with van der Waals surface area (Å²) in [6, 6.07) is 41.1. The van der Waals surface area contributed by atoms with Crippen LogP contribution >= 0.6 is 0 Å². The highest BCUT2D eigenvalue weighted by Crippen LogP contribution is 2.69. The SMILES string of the molecule is O=[N+]([O-])[C@H]1[C@H](c2ccccc2)[C@@]2(c3ccccc3)O[C@@]1(c1ccccc1)c1cc3ccccc3cc12. The third-order valence-electron chi connectivity index (χ3n) is 7.97. The van der Waals surface area contributed by atoms with Crippen molar-refractivity contribution in [2.24, 2.45) is 0 Å². The third kappa shape index (κ3) is 2.62. The average molecular weight is 470 g/mol. The van der Waals surface area contributed by atoms with Crippen molar-refractivity contribution >= 4 is 10.8 Å². The number of nitro groups is 1. The van der Waals surface area contributed by atoms with Gasteiger partial charge in [0.25, 0.3) is 6.04 Å². The van der Waals surface area contributed by atoms with Crippen molar-refractivity contribution in [2.45, 2.75) is 23.2 Å². The first-order valence-corrected chi connectivity index (χ1v) is 12.2. The highest BCUT2D eigenvalue weighted by Gasteiger charge is 2.76. The standard InChI is InChI=1S/C32H23NO3/c34-33(35)30-29(22-12-4-1-5-13-22)31(25-16-6-2-7-17-25)27-20-23-14-10-11-15-24(23)21-28(27)32(30,36-31)26-18-8-3-9-19-26/h1-21,29-30H/t29-,30-,31-,32-/m0/s1. The van der Waals surface area contributed by atoms with Gasteiger partial charge in [-0.2, -0.15) is 0 Å². The summed E-state index contributed by atoms with van der Waals surface area (Å²) in [5, 5.41) is 15.3. The highest BCUT2D eigenvalue weighted by atomic mass is 16.6. The lowest BCUT2D eigenvalue weighted by molar-refractivity contribution is -0.539. The Labute approximate surface area is 208 Å². The molecule has 2 heterocycles. The zero-order valence-corrected chi connectivity index (χ0v) is 19.5. The Morgan fingerprint density at radius 2 is 1.06 bits per heavy atom. The second-order valence-electron chi connectivity index (χ2n) is 9.67. The van der Waals surface area contributed by atoms with Gasteiger partial charge in [-0.05, 0) is 45.2 Å². The van der Waals surface area contributed by atoms with Gasteiger partial charge in [-0.15, -0.1) is 0 Å². The Balaban J connectivity index is 1.67. The van der Waals surface area contributed by atoms with Crippen LogP contribution in [0.2, 0.25) is 0 Å². The smallest absolute Gasteiger partial charge is 0.260 e. The average Bonchev–Trinajstić information content (AvgIpc) is 3.42. The fourth-order valence-electron chi connectivity index (χ4n) is 6.62. The summed E-state index contributed by atoms with van der Waals surface area (Å²) in [5.41, 5.74) is 2.26. The van der Waals surface area contributed by atoms with Crippen LogP contribution in [0.25, 0.3) is 10.8 Å². The van der Waals surface area contributed by atoms with Gasteiger partial charge < -0.3 is 4.74 Å². The second-order valence-corrected chi connectivity index (χ2v) is 9.67. The summed E-state index contributed by atoms with van der Waals surface area (Å²) in [6.07, 6.45) is 0. The van der Waals surface area contributed by atoms with Gasteiger partial charge in [0.2, 0.25) is 0 Å². The van der Waals surface area contributed by atoms with Crippen LogP contribution in [0.15, 0.2) is 127 Å². The molecule has 0 unspecified atom stereocenters. The van der Waals surface area contributed by atoms with Gasteiger partial charge in [-0.1, -0.05) is 115 Å². The molecule has 36 heavy (non-hydrogen) atoms. The zero-order chi connectivity index (χ0) is 24.3. The molecule has 174 valence electrons. The molecule has 0 amide bonds. The normalized spacial score (nSPS) is 26.1. The zero-order valence-electron chi connectivity index (χ0n) is 19.5. The first kappa shape index (κ1) is 21.0. The molecule has 0 spiro atoms. The quantitative estimate of drug-likeness (QED) is 0.215. The van der Waals surface area contributed by atoms with Crippen molar-refractivity contribution in [3.63, 3.8) is 0 Å². The van der Waals surface area contributed by atoms with Gasteiger partial charge in [0.15, 0.2) is 5.60 Å². The number of hydrogen-bond acceptors (Lipinski definition) is 3. The maximum atomic E-state index is 13.1. The van der Waals surface area contributed by atoms with Crippen LogP contribution in [0.1, 0.15) is 33.7 Å². The van der Waals surface area contributed by atoms with E-state index in [0.29, 0.717) is 0 Å². The van der Waals surface area contributed by atoms with Crippen molar-refractivity contribution < 1.29 is 9.66 Å². The first-order chi connectivity index (χ1) is 17.7. The lowest BCUT2D eigenvalue weighted by atomic mass is 9.61. The largest absolute Gasteiger partial charge is 0.341 e. The van der Waals surface area contributed by atoms with Gasteiger partial charge >= 0.3 is 0 Å². The van der Waals surface area contributed by atoms with Crippen LogP contribution in [0.3, 0.4) is 0 Å². The summed E-state index contributed by atoms with van der Waals surface area (Å²) >= 11 is 0. The Morgan fingerprint density at radius 1 is 0.611 bits per heavy atom. The van der Waals surface area contributed by atoms with Crippen LogP contribution in [0.4, 0.5) is 0 Å². The number of rotatable bonds is 4. The molecule has 0 N–H and O–H groups in total. The summed E-state index contributed by atoms with van der Waals surface area (Å²) in [7, 11) is 0. The fraction of sp³-hybridized carbons (Fsp3) is 0.125. The third-order valence-corrected chi connectivity index (χ3v) is 7.97. The van der Waals surface area contributed by atoms with E-state index in [1.54, 1.807) is 0 Å². The van der Waals surface area contributed by atoms with Crippen LogP contribution in [0.5, 0.6) is 0 Å². The van der Waals surface area contributed by atoms with E-state index in [1.165, 1.54) is 0 Å². The van der Waals surface area contributed by atoms with E-state index < -0.39 is 23.2 Å². The summed E-state index contributed by atoms with van der Waals surface area (Å²) in [5.74, 6) is -0.523. The van der Waals surface area contributed by atoms with E-state index in [1.807, 2.05) is 103 Å². The van der Waals surface area contributed by atoms with Crippen molar-refractivity contribution in [1.29, 1.82) is 0 Å². The summed E-state index contributed by atoms with van der Waals surface area (Å²) in [6.45, 7) is 0. The molecule has 2 bridgehead atoms. The molecule has 0 radical (unpaired) electrons. The van der Waals surface area contributed by atoms with Crippen molar-refractivity contribution in [3.05, 3.63) is 165 Å². The van der Waals surface area contributed by atoms with E-state index in [4.69, 9.17) is 4.74 Å². The summed E-state index contributed by atoms with van der Waals surface area (Å²) < 4.78 is 7.26. The van der Waals surface area contributed by atoms with E-state index in [-0.39, 0.29) is 4.92 Å². The molecule has 5 aromatic rings. The van der Waals surface area contributed by atoms with E-state index >= 15 is 0 Å². The molecular weight excluding hydrogens is 446 g/mol. The number of ether oxygens (including phenoxy) is 1. The topological polar surface area (TPSA) is 52.4 Å². The Hall–Kier alpha value is -4.28. The second kappa shape index (κ2) is 7.61. The fourth-order valence-corrected chi connectivity index (χ4v) is 6.62. The van der Waals surface area contributed by atoms with Gasteiger partial charge in [0.05, 0.1) is 5.92 Å². The highest BCUT2D eigenvalue weighted by molar-refractivity contribution is 5.86. The minimum absolute atomic E-state index is 0.118. The molecule has 0 aliphatic carbocycles. The molecule has 2 aliphatic heterocycles. The number of benzene rings is 5. The minimum atomic E-state index is -1.24. The van der Waals surface area contributed by atoms with Crippen LogP contribution in [-0.4, -0.2) is 11.0 Å². The lowest BCUT2D eigenvalue weighted by Gasteiger charge is -2.37. The van der Waals surface area contributed by atoms with E-state index in [9.17, 15) is 10.1 Å². The van der Waals surface area contributed by atoms with Gasteiger partial charge in [-0.3, -0.25) is 10.1 Å². The number of hydrogen-bond donors (Lipinski definition) is 0. The first-order valence-electron chi connectivity index (χ1n) is 12.2. The predicted octanol–water partition coefficient (Wildman–Crippen LogP) is 6.80. The van der Waals surface area contributed by atoms with Crippen LogP contribution < -0.4 is 0 Å². The number of nitrogens with zero attached hydrogens (tertiary/aromatic N) is 1. The molecule has 4 atom stereocenters. The molecule has 5 aromatic carbocycles. The number of fused-ring (bicyclic) bond motifs is 6. The van der Waals surface area contributed by atoms with Gasteiger partial charge in [0, 0.05) is 10.5 Å². The Morgan fingerprint density at radius 3 is 1.58 bits per heavy atom. The monoisotopic (exact) mass is 469 g/mol. The van der Waals surface area contributed by atoms with Gasteiger partial charge in [0.1, 0.15) is 5.60 Å². The molecule has 0 aromatic heterocycles. The molecule has 4 nitrogen and oxygen atoms in total. The van der Waals surface area contributed by atoms with Gasteiger partial charge in [-0.25, -0.2) is 0 Å². The maximum Gasteiger partial charge on any atom is 0.260 e. The minimum Gasteiger partial charge on any atom is -0.341 e. The van der Waals surface area contributed by atoms with Crippen LogP contribution in [0, 0.1) is 10.1 Å². The molecule has 2 aliphatic rings. The van der Waals surface area contributed by atoms with Crippen LogP contribution in [-0.2, 0) is 15.9 Å². The maximum absolute atomic E-state index is 13.1. The van der Waals surface area contributed by atoms with Crippen molar-refractivity contribution in [2.75, 3.05) is 0 Å². The molecule has 0 saturated carbocycles. The van der Waals surface area contributed by atoms with E-state index in [0.717, 1.165) is 38.6 Å². The molecule has 1 saturated heterocycles. The van der Waals surface area contributed by atoms with Crippen molar-refractivity contribution in [1.82, 2.24) is 0 Å². The summed E-state index contributed by atoms with van der Waals surface area (Å²) in [4.78, 5) is 13.0. The Kier molecular flexibility index (Phi) is 4.45. The lowest BCUT2D eigenvalue weighted by Crippen LogP contribution is -2.47.